The van der Waals surface area contributed by atoms with Crippen molar-refractivity contribution in [2.24, 2.45) is 0 Å². The molecule has 0 rings (SSSR count). The van der Waals surface area contributed by atoms with Gasteiger partial charge in [-0.2, -0.15) is 0 Å². The van der Waals surface area contributed by atoms with Crippen LogP contribution in [0.15, 0.2) is 36.5 Å². The van der Waals surface area contributed by atoms with Crippen LogP contribution < -0.4 is 0 Å². The van der Waals surface area contributed by atoms with E-state index in [2.05, 4.69) is 57.2 Å². The second-order valence-electron chi connectivity index (χ2n) is 18.2. The summed E-state index contributed by atoms with van der Waals surface area (Å²) < 4.78 is 16.7. The zero-order chi connectivity index (χ0) is 45.1. The number of hydrogen-bond acceptors (Lipinski definition) is 6. The first kappa shape index (κ1) is 59.6. The van der Waals surface area contributed by atoms with Gasteiger partial charge in [0.05, 0.1) is 0 Å². The number of allylic oxidation sites excluding steroid dienone is 6. The smallest absolute Gasteiger partial charge is 0.306 e. The molecule has 1 unspecified atom stereocenters. The van der Waals surface area contributed by atoms with Gasteiger partial charge in [-0.05, 0) is 57.8 Å². The van der Waals surface area contributed by atoms with E-state index in [0.29, 0.717) is 19.3 Å². The molecule has 362 valence electrons. The molecule has 0 aliphatic carbocycles. The molecule has 0 aliphatic rings. The maximum atomic E-state index is 12.7. The first-order valence-electron chi connectivity index (χ1n) is 27.0. The number of hydrogen-bond donors (Lipinski definition) is 0. The van der Waals surface area contributed by atoms with E-state index >= 15 is 0 Å². The zero-order valence-electron chi connectivity index (χ0n) is 41.4. The molecule has 0 aromatic carbocycles. The van der Waals surface area contributed by atoms with Gasteiger partial charge in [0.25, 0.3) is 0 Å². The van der Waals surface area contributed by atoms with Gasteiger partial charge in [0.1, 0.15) is 13.2 Å². The standard InChI is InChI=1S/C56H102O6/c1-4-7-10-13-15-17-19-21-23-25-27-29-30-32-34-36-38-40-43-46-49-55(58)61-52-53(51-60-54(57)48-45-42-12-9-6-3)62-56(59)50-47-44-41-39-37-35-33-31-28-26-24-22-20-18-16-14-11-8-5-2/h16,18,22,24,28,31,53H,4-15,17,19-21,23,25-27,29-30,32-52H2,1-3H3/b18-16-,24-22-,31-28-. The van der Waals surface area contributed by atoms with Crippen molar-refractivity contribution in [2.75, 3.05) is 13.2 Å². The summed E-state index contributed by atoms with van der Waals surface area (Å²) in [6.45, 7) is 6.55. The Morgan fingerprint density at radius 3 is 0.935 bits per heavy atom. The van der Waals surface area contributed by atoms with Crippen LogP contribution in [0, 0.1) is 0 Å². The Kier molecular flexibility index (Phi) is 49.3. The van der Waals surface area contributed by atoms with Gasteiger partial charge in [0.15, 0.2) is 6.10 Å². The summed E-state index contributed by atoms with van der Waals surface area (Å²) in [6.07, 6.45) is 60.3. The van der Waals surface area contributed by atoms with Crippen molar-refractivity contribution in [1.29, 1.82) is 0 Å². The summed E-state index contributed by atoms with van der Waals surface area (Å²) in [5.41, 5.74) is 0. The Labute approximate surface area is 385 Å². The molecule has 0 aliphatic heterocycles. The topological polar surface area (TPSA) is 78.9 Å². The molecular weight excluding hydrogens is 769 g/mol. The third kappa shape index (κ3) is 48.7. The molecule has 0 N–H and O–H groups in total. The lowest BCUT2D eigenvalue weighted by Gasteiger charge is -2.18. The first-order chi connectivity index (χ1) is 30.5. The van der Waals surface area contributed by atoms with Crippen LogP contribution in [0.1, 0.15) is 284 Å². The minimum absolute atomic E-state index is 0.0746. The fourth-order valence-corrected chi connectivity index (χ4v) is 7.80. The highest BCUT2D eigenvalue weighted by Crippen LogP contribution is 2.16. The third-order valence-electron chi connectivity index (χ3n) is 11.9. The normalized spacial score (nSPS) is 12.2. The number of ether oxygens (including phenoxy) is 3. The average Bonchev–Trinajstić information content (AvgIpc) is 3.27. The third-order valence-corrected chi connectivity index (χ3v) is 11.9. The van der Waals surface area contributed by atoms with Gasteiger partial charge in [-0.3, -0.25) is 14.4 Å². The molecule has 0 spiro atoms. The van der Waals surface area contributed by atoms with Crippen LogP contribution in [0.5, 0.6) is 0 Å². The molecule has 6 heteroatoms. The number of unbranched alkanes of at least 4 members (excludes halogenated alkanes) is 32. The molecule has 0 aromatic heterocycles. The molecule has 0 radical (unpaired) electrons. The number of carbonyl (C=O) groups is 3. The van der Waals surface area contributed by atoms with E-state index < -0.39 is 6.10 Å². The predicted octanol–water partition coefficient (Wildman–Crippen LogP) is 17.7. The highest BCUT2D eigenvalue weighted by molar-refractivity contribution is 5.71. The van der Waals surface area contributed by atoms with Crippen LogP contribution in [0.25, 0.3) is 0 Å². The molecule has 1 atom stereocenters. The van der Waals surface area contributed by atoms with Crippen molar-refractivity contribution in [3.8, 4) is 0 Å². The van der Waals surface area contributed by atoms with Crippen LogP contribution in [0.2, 0.25) is 0 Å². The molecule has 0 fully saturated rings. The maximum absolute atomic E-state index is 12.7. The average molecular weight is 871 g/mol. The monoisotopic (exact) mass is 871 g/mol. The first-order valence-corrected chi connectivity index (χ1v) is 27.0. The minimum Gasteiger partial charge on any atom is -0.462 e. The predicted molar refractivity (Wildman–Crippen MR) is 266 cm³/mol. The van der Waals surface area contributed by atoms with Gasteiger partial charge < -0.3 is 14.2 Å². The summed E-state index contributed by atoms with van der Waals surface area (Å²) >= 11 is 0. The van der Waals surface area contributed by atoms with Gasteiger partial charge in [-0.1, -0.05) is 243 Å². The van der Waals surface area contributed by atoms with Crippen molar-refractivity contribution < 1.29 is 28.6 Å². The molecule has 62 heavy (non-hydrogen) atoms. The Bertz CT molecular complexity index is 1050. The summed E-state index contributed by atoms with van der Waals surface area (Å²) in [5.74, 6) is -0.889. The number of carbonyl (C=O) groups excluding carboxylic acids is 3. The van der Waals surface area contributed by atoms with Crippen molar-refractivity contribution in [1.82, 2.24) is 0 Å². The van der Waals surface area contributed by atoms with E-state index in [4.69, 9.17) is 14.2 Å². The van der Waals surface area contributed by atoms with Crippen molar-refractivity contribution in [3.63, 3.8) is 0 Å². The summed E-state index contributed by atoms with van der Waals surface area (Å²) in [4.78, 5) is 37.7. The molecule has 0 amide bonds. The van der Waals surface area contributed by atoms with Gasteiger partial charge >= 0.3 is 17.9 Å². The fraction of sp³-hybridized carbons (Fsp3) is 0.839. The Hall–Kier alpha value is -2.37. The lowest BCUT2D eigenvalue weighted by molar-refractivity contribution is -0.167. The Balaban J connectivity index is 4.13. The number of esters is 3. The lowest BCUT2D eigenvalue weighted by atomic mass is 10.0. The van der Waals surface area contributed by atoms with Crippen molar-refractivity contribution >= 4 is 17.9 Å². The summed E-state index contributed by atoms with van der Waals surface area (Å²) in [6, 6.07) is 0. The van der Waals surface area contributed by atoms with Gasteiger partial charge in [0, 0.05) is 19.3 Å². The zero-order valence-corrected chi connectivity index (χ0v) is 41.4. The quantitative estimate of drug-likeness (QED) is 0.0262. The van der Waals surface area contributed by atoms with E-state index in [-0.39, 0.29) is 31.1 Å². The van der Waals surface area contributed by atoms with E-state index in [1.54, 1.807) is 0 Å². The largest absolute Gasteiger partial charge is 0.462 e. The van der Waals surface area contributed by atoms with Crippen molar-refractivity contribution in [2.45, 2.75) is 290 Å². The van der Waals surface area contributed by atoms with Gasteiger partial charge in [-0.15, -0.1) is 0 Å². The second kappa shape index (κ2) is 51.3. The molecule has 0 aromatic rings. The molecule has 0 saturated carbocycles. The van der Waals surface area contributed by atoms with E-state index in [9.17, 15) is 14.4 Å². The fourth-order valence-electron chi connectivity index (χ4n) is 7.80. The van der Waals surface area contributed by atoms with Crippen LogP contribution in [0.4, 0.5) is 0 Å². The van der Waals surface area contributed by atoms with Crippen LogP contribution in [-0.4, -0.2) is 37.2 Å². The maximum Gasteiger partial charge on any atom is 0.306 e. The molecule has 0 bridgehead atoms. The molecule has 6 nitrogen and oxygen atoms in total. The van der Waals surface area contributed by atoms with Crippen LogP contribution in [-0.2, 0) is 28.6 Å². The Morgan fingerprint density at radius 2 is 0.581 bits per heavy atom. The lowest BCUT2D eigenvalue weighted by Crippen LogP contribution is -2.30. The van der Waals surface area contributed by atoms with Gasteiger partial charge in [0.2, 0.25) is 0 Å². The summed E-state index contributed by atoms with van der Waals surface area (Å²) in [7, 11) is 0. The SMILES string of the molecule is CCCCC/C=C\C/C=C\C/C=C\CCCCCCCCC(=O)OC(COC(=O)CCCCCCC)COC(=O)CCCCCCCCCCCCCCCCCCCCCC. The van der Waals surface area contributed by atoms with Crippen LogP contribution in [0.3, 0.4) is 0 Å². The summed E-state index contributed by atoms with van der Waals surface area (Å²) in [5, 5.41) is 0. The highest BCUT2D eigenvalue weighted by atomic mass is 16.6. The van der Waals surface area contributed by atoms with E-state index in [1.165, 1.54) is 161 Å². The van der Waals surface area contributed by atoms with Gasteiger partial charge in [-0.25, -0.2) is 0 Å². The van der Waals surface area contributed by atoms with E-state index in [0.717, 1.165) is 83.5 Å². The molecule has 0 saturated heterocycles. The minimum atomic E-state index is -0.772. The molecular formula is C56H102O6. The molecule has 0 heterocycles. The second-order valence-corrected chi connectivity index (χ2v) is 18.2. The number of rotatable bonds is 49. The highest BCUT2D eigenvalue weighted by Gasteiger charge is 2.19. The van der Waals surface area contributed by atoms with E-state index in [1.807, 2.05) is 0 Å². The Morgan fingerprint density at radius 1 is 0.323 bits per heavy atom. The van der Waals surface area contributed by atoms with Crippen LogP contribution >= 0.6 is 0 Å². The van der Waals surface area contributed by atoms with Crippen molar-refractivity contribution in [3.05, 3.63) is 36.5 Å².